The van der Waals surface area contributed by atoms with Crippen molar-refractivity contribution < 1.29 is 14.3 Å². The number of nitrogens with zero attached hydrogens (tertiary/aromatic N) is 4. The molecule has 1 aliphatic rings. The van der Waals surface area contributed by atoms with Crippen LogP contribution in [-0.2, 0) is 11.8 Å². The molecule has 2 heterocycles. The summed E-state index contributed by atoms with van der Waals surface area (Å²) < 4.78 is 7.46. The summed E-state index contributed by atoms with van der Waals surface area (Å²) in [6.07, 6.45) is 1.61. The normalized spacial score (nSPS) is 17.4. The molecule has 0 bridgehead atoms. The first-order valence-corrected chi connectivity index (χ1v) is 10.2. The first-order valence-electron chi connectivity index (χ1n) is 10.2. The molecule has 2 amide bonds. The van der Waals surface area contributed by atoms with Crippen LogP contribution in [0.1, 0.15) is 49.8 Å². The summed E-state index contributed by atoms with van der Waals surface area (Å²) in [5.74, 6) is 1.19. The lowest BCUT2D eigenvalue weighted by Crippen LogP contribution is -2.45. The van der Waals surface area contributed by atoms with Crippen molar-refractivity contribution in [3.63, 3.8) is 0 Å². The standard InChI is InChI=1S/C22H32N4O3/c1-15-23-18-12-17(9-10-19(18)25(15)6)20(27)26-11-7-8-16(14-26)13-24(5)21(28)29-22(2,3)4/h9-10,12,16H,7-8,11,13-14H2,1-6H3. The van der Waals surface area contributed by atoms with E-state index in [0.29, 0.717) is 18.7 Å². The number of ether oxygens (including phenoxy) is 1. The minimum atomic E-state index is -0.512. The van der Waals surface area contributed by atoms with E-state index >= 15 is 0 Å². The molecule has 1 aromatic carbocycles. The maximum atomic E-state index is 13.1. The van der Waals surface area contributed by atoms with Crippen LogP contribution in [0.3, 0.4) is 0 Å². The average Bonchev–Trinajstić information content (AvgIpc) is 2.93. The lowest BCUT2D eigenvalue weighted by molar-refractivity contribution is 0.0244. The summed E-state index contributed by atoms with van der Waals surface area (Å²) in [7, 11) is 3.73. The molecule has 0 N–H and O–H groups in total. The van der Waals surface area contributed by atoms with Gasteiger partial charge in [0.2, 0.25) is 0 Å². The summed E-state index contributed by atoms with van der Waals surface area (Å²) in [4.78, 5) is 33.4. The van der Waals surface area contributed by atoms with Crippen LogP contribution in [0.25, 0.3) is 11.0 Å². The molecule has 1 fully saturated rings. The van der Waals surface area contributed by atoms with Crippen molar-refractivity contribution in [2.45, 2.75) is 46.1 Å². The van der Waals surface area contributed by atoms with Crippen molar-refractivity contribution >= 4 is 23.0 Å². The van der Waals surface area contributed by atoms with Crippen molar-refractivity contribution in [1.29, 1.82) is 0 Å². The van der Waals surface area contributed by atoms with Gasteiger partial charge in [-0.3, -0.25) is 4.79 Å². The SMILES string of the molecule is Cc1nc2cc(C(=O)N3CCCC(CN(C)C(=O)OC(C)(C)C)C3)ccc2n1C. The van der Waals surface area contributed by atoms with Gasteiger partial charge >= 0.3 is 6.09 Å². The van der Waals surface area contributed by atoms with Gasteiger partial charge in [-0.05, 0) is 64.7 Å². The molecule has 0 aliphatic carbocycles. The topological polar surface area (TPSA) is 67.7 Å². The van der Waals surface area contributed by atoms with E-state index in [4.69, 9.17) is 4.74 Å². The highest BCUT2D eigenvalue weighted by Crippen LogP contribution is 2.22. The Balaban J connectivity index is 1.65. The lowest BCUT2D eigenvalue weighted by Gasteiger charge is -2.35. The molecule has 7 nitrogen and oxygen atoms in total. The first kappa shape index (κ1) is 21.1. The van der Waals surface area contributed by atoms with Crippen molar-refractivity contribution in [3.8, 4) is 0 Å². The quantitative estimate of drug-likeness (QED) is 0.789. The van der Waals surface area contributed by atoms with Gasteiger partial charge in [-0.15, -0.1) is 0 Å². The predicted molar refractivity (Wildman–Crippen MR) is 113 cm³/mol. The maximum absolute atomic E-state index is 13.1. The van der Waals surface area contributed by atoms with E-state index in [0.717, 1.165) is 36.2 Å². The molecule has 3 rings (SSSR count). The molecule has 1 aromatic heterocycles. The van der Waals surface area contributed by atoms with Crippen LogP contribution in [0.4, 0.5) is 4.79 Å². The zero-order chi connectivity index (χ0) is 21.3. The predicted octanol–water partition coefficient (Wildman–Crippen LogP) is 3.60. The summed E-state index contributed by atoms with van der Waals surface area (Å²) >= 11 is 0. The Morgan fingerprint density at radius 2 is 2.03 bits per heavy atom. The second kappa shape index (κ2) is 8.05. The first-order chi connectivity index (χ1) is 13.5. The third-order valence-electron chi connectivity index (χ3n) is 5.39. The number of imidazole rings is 1. The summed E-state index contributed by atoms with van der Waals surface area (Å²) in [6.45, 7) is 9.50. The Hall–Kier alpha value is -2.57. The number of benzene rings is 1. The van der Waals surface area contributed by atoms with E-state index in [1.165, 1.54) is 0 Å². The van der Waals surface area contributed by atoms with Crippen LogP contribution in [-0.4, -0.2) is 63.6 Å². The zero-order valence-corrected chi connectivity index (χ0v) is 18.4. The molecule has 0 saturated carbocycles. The Kier molecular flexibility index (Phi) is 5.87. The van der Waals surface area contributed by atoms with Gasteiger partial charge < -0.3 is 19.1 Å². The number of rotatable bonds is 3. The molecule has 0 radical (unpaired) electrons. The second-order valence-electron chi connectivity index (χ2n) is 9.04. The Morgan fingerprint density at radius 1 is 1.31 bits per heavy atom. The number of likely N-dealkylation sites (tertiary alicyclic amines) is 1. The van der Waals surface area contributed by atoms with Gasteiger partial charge in [0.25, 0.3) is 5.91 Å². The van der Waals surface area contributed by atoms with Crippen LogP contribution in [0.15, 0.2) is 18.2 Å². The number of fused-ring (bicyclic) bond motifs is 1. The summed E-state index contributed by atoms with van der Waals surface area (Å²) in [6, 6.07) is 5.71. The number of hydrogen-bond acceptors (Lipinski definition) is 4. The largest absolute Gasteiger partial charge is 0.444 e. The fraction of sp³-hybridized carbons (Fsp3) is 0.591. The minimum Gasteiger partial charge on any atom is -0.444 e. The second-order valence-corrected chi connectivity index (χ2v) is 9.04. The monoisotopic (exact) mass is 400 g/mol. The zero-order valence-electron chi connectivity index (χ0n) is 18.4. The van der Waals surface area contributed by atoms with Crippen molar-refractivity contribution in [2.75, 3.05) is 26.7 Å². The van der Waals surface area contributed by atoms with Crippen LogP contribution in [0, 0.1) is 12.8 Å². The highest BCUT2D eigenvalue weighted by molar-refractivity contribution is 5.97. The third-order valence-corrected chi connectivity index (χ3v) is 5.39. The van der Waals surface area contributed by atoms with Gasteiger partial charge in [-0.25, -0.2) is 9.78 Å². The molecule has 7 heteroatoms. The van der Waals surface area contributed by atoms with Crippen LogP contribution < -0.4 is 0 Å². The van der Waals surface area contributed by atoms with Crippen LogP contribution in [0.2, 0.25) is 0 Å². The van der Waals surface area contributed by atoms with Gasteiger partial charge in [-0.2, -0.15) is 0 Å². The van der Waals surface area contributed by atoms with Gasteiger partial charge in [0.1, 0.15) is 11.4 Å². The number of carbonyl (C=O) groups excluding carboxylic acids is 2. The molecule has 158 valence electrons. The fourth-order valence-corrected chi connectivity index (χ4v) is 3.84. The van der Waals surface area contributed by atoms with Crippen molar-refractivity contribution in [2.24, 2.45) is 13.0 Å². The van der Waals surface area contributed by atoms with E-state index in [2.05, 4.69) is 4.98 Å². The van der Waals surface area contributed by atoms with Gasteiger partial charge in [-0.1, -0.05) is 0 Å². The molecule has 2 aromatic rings. The van der Waals surface area contributed by atoms with Crippen molar-refractivity contribution in [3.05, 3.63) is 29.6 Å². The molecule has 1 saturated heterocycles. The summed E-state index contributed by atoms with van der Waals surface area (Å²) in [5.41, 5.74) is 2.02. The molecule has 1 unspecified atom stereocenters. The number of aromatic nitrogens is 2. The average molecular weight is 401 g/mol. The Morgan fingerprint density at radius 3 is 2.72 bits per heavy atom. The maximum Gasteiger partial charge on any atom is 0.410 e. The van der Waals surface area contributed by atoms with E-state index in [1.54, 1.807) is 11.9 Å². The smallest absolute Gasteiger partial charge is 0.410 e. The molecule has 1 aliphatic heterocycles. The van der Waals surface area contributed by atoms with E-state index < -0.39 is 5.60 Å². The number of carbonyl (C=O) groups is 2. The highest BCUT2D eigenvalue weighted by Gasteiger charge is 2.28. The van der Waals surface area contributed by atoms with E-state index in [1.807, 2.05) is 62.4 Å². The van der Waals surface area contributed by atoms with Gasteiger partial charge in [0.15, 0.2) is 0 Å². The third kappa shape index (κ3) is 4.89. The molecular formula is C22H32N4O3. The molecule has 29 heavy (non-hydrogen) atoms. The van der Waals surface area contributed by atoms with Crippen LogP contribution in [0.5, 0.6) is 0 Å². The summed E-state index contributed by atoms with van der Waals surface area (Å²) in [5, 5.41) is 0. The Bertz CT molecular complexity index is 913. The number of amides is 2. The molecule has 0 spiro atoms. The fourth-order valence-electron chi connectivity index (χ4n) is 3.84. The highest BCUT2D eigenvalue weighted by atomic mass is 16.6. The van der Waals surface area contributed by atoms with Crippen molar-refractivity contribution in [1.82, 2.24) is 19.4 Å². The molecular weight excluding hydrogens is 368 g/mol. The Labute approximate surface area is 172 Å². The van der Waals surface area contributed by atoms with E-state index in [9.17, 15) is 9.59 Å². The molecule has 1 atom stereocenters. The minimum absolute atomic E-state index is 0.0276. The number of piperidine rings is 1. The van der Waals surface area contributed by atoms with Gasteiger partial charge in [0.05, 0.1) is 11.0 Å². The van der Waals surface area contributed by atoms with Crippen LogP contribution >= 0.6 is 0 Å². The number of hydrogen-bond donors (Lipinski definition) is 0. The number of aryl methyl sites for hydroxylation is 2. The van der Waals surface area contributed by atoms with Gasteiger partial charge in [0, 0.05) is 39.3 Å². The van der Waals surface area contributed by atoms with E-state index in [-0.39, 0.29) is 17.9 Å². The lowest BCUT2D eigenvalue weighted by atomic mass is 9.97.